The monoisotopic (exact) mass is 242 g/mol. The van der Waals surface area contributed by atoms with E-state index in [0.29, 0.717) is 6.42 Å². The highest BCUT2D eigenvalue weighted by Gasteiger charge is 2.32. The number of carbonyl (C=O) groups excluding carboxylic acids is 1. The van der Waals surface area contributed by atoms with Crippen LogP contribution in [-0.4, -0.2) is 29.1 Å². The zero-order valence-corrected chi connectivity index (χ0v) is 10.5. The van der Waals surface area contributed by atoms with Gasteiger partial charge in [0.15, 0.2) is 0 Å². The number of carbonyl (C=O) groups is 2. The molecule has 5 nitrogen and oxygen atoms in total. The highest BCUT2D eigenvalue weighted by atomic mass is 16.4. The molecule has 1 saturated carbocycles. The second kappa shape index (κ2) is 6.00. The van der Waals surface area contributed by atoms with E-state index in [-0.39, 0.29) is 23.8 Å². The summed E-state index contributed by atoms with van der Waals surface area (Å²) < 4.78 is 0. The van der Waals surface area contributed by atoms with Gasteiger partial charge in [0.1, 0.15) is 6.04 Å². The summed E-state index contributed by atoms with van der Waals surface area (Å²) in [4.78, 5) is 22.9. The van der Waals surface area contributed by atoms with Crippen LogP contribution in [0.3, 0.4) is 0 Å². The van der Waals surface area contributed by atoms with Crippen LogP contribution in [0, 0.1) is 11.8 Å². The van der Waals surface area contributed by atoms with Crippen molar-refractivity contribution in [3.05, 3.63) is 0 Å². The van der Waals surface area contributed by atoms with Gasteiger partial charge in [0.05, 0.1) is 5.92 Å². The fourth-order valence-electron chi connectivity index (χ4n) is 2.29. The van der Waals surface area contributed by atoms with Crippen molar-refractivity contribution in [3.8, 4) is 0 Å². The summed E-state index contributed by atoms with van der Waals surface area (Å²) in [7, 11) is 0. The van der Waals surface area contributed by atoms with Gasteiger partial charge in [-0.2, -0.15) is 0 Å². The summed E-state index contributed by atoms with van der Waals surface area (Å²) >= 11 is 0. The Hall–Kier alpha value is -1.10. The van der Waals surface area contributed by atoms with Crippen molar-refractivity contribution in [2.45, 2.75) is 51.6 Å². The van der Waals surface area contributed by atoms with Crippen LogP contribution in [0.15, 0.2) is 0 Å². The van der Waals surface area contributed by atoms with Gasteiger partial charge in [0, 0.05) is 6.04 Å². The van der Waals surface area contributed by atoms with E-state index < -0.39 is 12.0 Å². The molecule has 98 valence electrons. The third-order valence-electron chi connectivity index (χ3n) is 3.23. The number of hydrogen-bond donors (Lipinski definition) is 3. The lowest BCUT2D eigenvalue weighted by Crippen LogP contribution is -2.47. The molecule has 2 unspecified atom stereocenters. The number of aliphatic carboxylic acids is 1. The Morgan fingerprint density at radius 3 is 2.47 bits per heavy atom. The molecular formula is C12H22N2O3. The van der Waals surface area contributed by atoms with E-state index in [1.165, 1.54) is 0 Å². The Morgan fingerprint density at radius 1 is 1.41 bits per heavy atom. The van der Waals surface area contributed by atoms with Crippen LogP contribution in [0.5, 0.6) is 0 Å². The summed E-state index contributed by atoms with van der Waals surface area (Å²) in [5, 5.41) is 11.6. The van der Waals surface area contributed by atoms with Crippen molar-refractivity contribution in [1.82, 2.24) is 5.32 Å². The predicted molar refractivity (Wildman–Crippen MR) is 64.3 cm³/mol. The van der Waals surface area contributed by atoms with E-state index >= 15 is 0 Å². The van der Waals surface area contributed by atoms with Gasteiger partial charge in [-0.15, -0.1) is 0 Å². The normalized spacial score (nSPS) is 25.9. The maximum Gasteiger partial charge on any atom is 0.326 e. The lowest BCUT2D eigenvalue weighted by molar-refractivity contribution is -0.143. The van der Waals surface area contributed by atoms with E-state index in [4.69, 9.17) is 10.8 Å². The lowest BCUT2D eigenvalue weighted by atomic mass is 10.00. The molecule has 0 heterocycles. The van der Waals surface area contributed by atoms with Crippen LogP contribution in [0.2, 0.25) is 0 Å². The minimum atomic E-state index is -0.974. The van der Waals surface area contributed by atoms with Crippen molar-refractivity contribution in [3.63, 3.8) is 0 Å². The highest BCUT2D eigenvalue weighted by Crippen LogP contribution is 2.24. The Balaban J connectivity index is 2.54. The van der Waals surface area contributed by atoms with Crippen molar-refractivity contribution in [2.75, 3.05) is 0 Å². The molecule has 0 saturated heterocycles. The van der Waals surface area contributed by atoms with Crippen LogP contribution >= 0.6 is 0 Å². The molecule has 0 bridgehead atoms. The molecule has 17 heavy (non-hydrogen) atoms. The molecule has 4 N–H and O–H groups in total. The molecule has 0 radical (unpaired) electrons. The summed E-state index contributed by atoms with van der Waals surface area (Å²) in [6.45, 7) is 3.87. The van der Waals surface area contributed by atoms with Gasteiger partial charge < -0.3 is 16.2 Å². The van der Waals surface area contributed by atoms with E-state index in [9.17, 15) is 9.59 Å². The molecular weight excluding hydrogens is 220 g/mol. The standard InChI is InChI=1S/C12H22N2O3/c1-7(2)6-10(12(16)17)14-11(15)8-4-3-5-9(8)13/h7-10H,3-6,13H2,1-2H3,(H,14,15)(H,16,17)/t8?,9?,10-/m0/s1. The maximum atomic E-state index is 11.9. The molecule has 5 heteroatoms. The SMILES string of the molecule is CC(C)C[C@H](NC(=O)C1CCCC1N)C(=O)O. The van der Waals surface area contributed by atoms with Gasteiger partial charge in [-0.05, 0) is 25.2 Å². The molecule has 0 aromatic rings. The number of nitrogens with one attached hydrogen (secondary N) is 1. The summed E-state index contributed by atoms with van der Waals surface area (Å²) in [5.74, 6) is -1.17. The van der Waals surface area contributed by atoms with E-state index in [1.807, 2.05) is 13.8 Å². The first-order chi connectivity index (χ1) is 7.91. The molecule has 3 atom stereocenters. The van der Waals surface area contributed by atoms with Gasteiger partial charge in [0.25, 0.3) is 0 Å². The number of carboxylic acid groups (broad SMARTS) is 1. The minimum Gasteiger partial charge on any atom is -0.480 e. The average Bonchev–Trinajstić information content (AvgIpc) is 2.62. The zero-order valence-electron chi connectivity index (χ0n) is 10.5. The number of carboxylic acids is 1. The molecule has 1 amide bonds. The molecule has 0 aromatic heterocycles. The summed E-state index contributed by atoms with van der Waals surface area (Å²) in [6, 6.07) is -0.918. The third kappa shape index (κ3) is 4.00. The number of hydrogen-bond acceptors (Lipinski definition) is 3. The van der Waals surface area contributed by atoms with E-state index in [1.54, 1.807) is 0 Å². The summed E-state index contributed by atoms with van der Waals surface area (Å²) in [5.41, 5.74) is 5.82. The van der Waals surface area contributed by atoms with Gasteiger partial charge in [-0.1, -0.05) is 20.3 Å². The van der Waals surface area contributed by atoms with Gasteiger partial charge in [-0.3, -0.25) is 4.79 Å². The Kier molecular flexibility index (Phi) is 4.93. The first kappa shape index (κ1) is 14.0. The van der Waals surface area contributed by atoms with Gasteiger partial charge in [0.2, 0.25) is 5.91 Å². The van der Waals surface area contributed by atoms with Crippen molar-refractivity contribution < 1.29 is 14.7 Å². The molecule has 1 aliphatic rings. The quantitative estimate of drug-likeness (QED) is 0.662. The zero-order chi connectivity index (χ0) is 13.0. The van der Waals surface area contributed by atoms with Crippen LogP contribution in [0.4, 0.5) is 0 Å². The molecule has 0 aliphatic heterocycles. The lowest BCUT2D eigenvalue weighted by Gasteiger charge is -2.20. The van der Waals surface area contributed by atoms with Crippen molar-refractivity contribution in [2.24, 2.45) is 17.6 Å². The second-order valence-electron chi connectivity index (χ2n) is 5.23. The van der Waals surface area contributed by atoms with Crippen LogP contribution < -0.4 is 11.1 Å². The molecule has 1 aliphatic carbocycles. The third-order valence-corrected chi connectivity index (χ3v) is 3.23. The van der Waals surface area contributed by atoms with Crippen LogP contribution in [0.25, 0.3) is 0 Å². The first-order valence-corrected chi connectivity index (χ1v) is 6.20. The molecule has 1 fully saturated rings. The van der Waals surface area contributed by atoms with Gasteiger partial charge in [-0.25, -0.2) is 4.79 Å². The van der Waals surface area contributed by atoms with Gasteiger partial charge >= 0.3 is 5.97 Å². The Morgan fingerprint density at radius 2 is 2.06 bits per heavy atom. The maximum absolute atomic E-state index is 11.9. The minimum absolute atomic E-state index is 0.122. The molecule has 0 aromatic carbocycles. The van der Waals surface area contributed by atoms with E-state index in [2.05, 4.69) is 5.32 Å². The number of amides is 1. The number of rotatable bonds is 5. The van der Waals surface area contributed by atoms with Crippen LogP contribution in [0.1, 0.15) is 39.5 Å². The Labute approximate surface area is 102 Å². The highest BCUT2D eigenvalue weighted by molar-refractivity contribution is 5.85. The van der Waals surface area contributed by atoms with Crippen molar-refractivity contribution >= 4 is 11.9 Å². The fraction of sp³-hybridized carbons (Fsp3) is 0.833. The number of nitrogens with two attached hydrogens (primary N) is 1. The predicted octanol–water partition coefficient (Wildman–Crippen LogP) is 0.729. The molecule has 0 spiro atoms. The first-order valence-electron chi connectivity index (χ1n) is 6.20. The average molecular weight is 242 g/mol. The Bertz CT molecular complexity index is 291. The largest absolute Gasteiger partial charge is 0.480 e. The summed E-state index contributed by atoms with van der Waals surface area (Å²) in [6.07, 6.45) is 3.01. The topological polar surface area (TPSA) is 92.4 Å². The second-order valence-corrected chi connectivity index (χ2v) is 5.23. The fourth-order valence-corrected chi connectivity index (χ4v) is 2.29. The molecule has 1 rings (SSSR count). The smallest absolute Gasteiger partial charge is 0.326 e. The van der Waals surface area contributed by atoms with Crippen molar-refractivity contribution in [1.29, 1.82) is 0 Å². The van der Waals surface area contributed by atoms with E-state index in [0.717, 1.165) is 19.3 Å². The van der Waals surface area contributed by atoms with Crippen LogP contribution in [-0.2, 0) is 9.59 Å².